The molecule has 2 heteroatoms. The van der Waals surface area contributed by atoms with Crippen LogP contribution in [0.4, 0.5) is 4.39 Å². The zero-order chi connectivity index (χ0) is 12.2. The minimum atomic E-state index is -0.103. The third-order valence-electron chi connectivity index (χ3n) is 3.13. The van der Waals surface area contributed by atoms with E-state index in [1.165, 1.54) is 0 Å². The van der Waals surface area contributed by atoms with Crippen molar-refractivity contribution in [3.63, 3.8) is 0 Å². The van der Waals surface area contributed by atoms with Crippen molar-refractivity contribution in [3.05, 3.63) is 35.1 Å². The number of hydrogen-bond acceptors (Lipinski definition) is 1. The summed E-state index contributed by atoms with van der Waals surface area (Å²) >= 11 is 0. The largest absolute Gasteiger partial charge is 0.317 e. The summed E-state index contributed by atoms with van der Waals surface area (Å²) in [7, 11) is 0. The highest BCUT2D eigenvalue weighted by Gasteiger charge is 2.20. The molecule has 16 heavy (non-hydrogen) atoms. The second-order valence-corrected chi connectivity index (χ2v) is 4.95. The van der Waals surface area contributed by atoms with Crippen LogP contribution in [0.2, 0.25) is 0 Å². The van der Waals surface area contributed by atoms with Crippen LogP contribution < -0.4 is 5.32 Å². The Bertz CT molecular complexity index is 345. The molecular formula is C14H22FN. The van der Waals surface area contributed by atoms with Crippen LogP contribution in [0.3, 0.4) is 0 Å². The van der Waals surface area contributed by atoms with E-state index in [-0.39, 0.29) is 11.2 Å². The van der Waals surface area contributed by atoms with Crippen molar-refractivity contribution in [1.82, 2.24) is 5.32 Å². The Kier molecular flexibility index (Phi) is 4.48. The summed E-state index contributed by atoms with van der Waals surface area (Å²) in [6, 6.07) is 5.56. The summed E-state index contributed by atoms with van der Waals surface area (Å²) < 4.78 is 13.5. The first-order valence-corrected chi connectivity index (χ1v) is 5.94. The molecule has 90 valence electrons. The lowest BCUT2D eigenvalue weighted by molar-refractivity contribution is 0.457. The first kappa shape index (κ1) is 13.2. The molecule has 1 rings (SSSR count). The summed E-state index contributed by atoms with van der Waals surface area (Å²) in [5, 5.41) is 3.31. The number of halogens is 1. The smallest absolute Gasteiger partial charge is 0.126 e. The molecule has 1 N–H and O–H groups in total. The molecule has 0 aromatic heterocycles. The minimum absolute atomic E-state index is 0.0245. The first-order valence-electron chi connectivity index (χ1n) is 5.94. The average Bonchev–Trinajstić information content (AvgIpc) is 2.22. The molecule has 0 fully saturated rings. The van der Waals surface area contributed by atoms with Gasteiger partial charge in [-0.05, 0) is 49.0 Å². The van der Waals surface area contributed by atoms with Gasteiger partial charge in [0.15, 0.2) is 0 Å². The topological polar surface area (TPSA) is 12.0 Å². The lowest BCUT2D eigenvalue weighted by Crippen LogP contribution is -2.25. The van der Waals surface area contributed by atoms with E-state index < -0.39 is 0 Å². The van der Waals surface area contributed by atoms with Crippen molar-refractivity contribution in [2.24, 2.45) is 0 Å². The van der Waals surface area contributed by atoms with E-state index in [1.807, 2.05) is 12.1 Å². The molecule has 0 aliphatic carbocycles. The van der Waals surface area contributed by atoms with Gasteiger partial charge >= 0.3 is 0 Å². The molecule has 1 nitrogen and oxygen atoms in total. The fourth-order valence-electron chi connectivity index (χ4n) is 1.74. The zero-order valence-electron chi connectivity index (χ0n) is 10.7. The molecule has 0 atom stereocenters. The van der Waals surface area contributed by atoms with Gasteiger partial charge in [-0.15, -0.1) is 0 Å². The summed E-state index contributed by atoms with van der Waals surface area (Å²) in [4.78, 5) is 0. The number of hydrogen-bond donors (Lipinski definition) is 1. The van der Waals surface area contributed by atoms with E-state index in [4.69, 9.17) is 0 Å². The molecule has 1 aromatic rings. The van der Waals surface area contributed by atoms with Crippen molar-refractivity contribution in [1.29, 1.82) is 0 Å². The Morgan fingerprint density at radius 1 is 1.31 bits per heavy atom. The van der Waals surface area contributed by atoms with Crippen molar-refractivity contribution in [3.8, 4) is 0 Å². The molecule has 0 saturated carbocycles. The highest BCUT2D eigenvalue weighted by molar-refractivity contribution is 5.28. The van der Waals surface area contributed by atoms with Crippen molar-refractivity contribution >= 4 is 0 Å². The summed E-state index contributed by atoms with van der Waals surface area (Å²) in [5.74, 6) is -0.103. The standard InChI is InChI=1S/C14H22FN/c1-5-16-9-8-14(3,4)12-7-6-11(2)13(15)10-12/h6-7,10,16H,5,8-9H2,1-4H3. The lowest BCUT2D eigenvalue weighted by Gasteiger charge is -2.25. The van der Waals surface area contributed by atoms with Crippen LogP contribution in [0.15, 0.2) is 18.2 Å². The van der Waals surface area contributed by atoms with E-state index in [9.17, 15) is 4.39 Å². The van der Waals surface area contributed by atoms with Crippen molar-refractivity contribution < 1.29 is 4.39 Å². The molecule has 0 unspecified atom stereocenters. The van der Waals surface area contributed by atoms with E-state index in [1.54, 1.807) is 13.0 Å². The average molecular weight is 223 g/mol. The van der Waals surface area contributed by atoms with Crippen LogP contribution in [0.25, 0.3) is 0 Å². The maximum Gasteiger partial charge on any atom is 0.126 e. The Balaban J connectivity index is 2.76. The molecule has 0 aliphatic heterocycles. The molecule has 0 aliphatic rings. The third-order valence-corrected chi connectivity index (χ3v) is 3.13. The maximum absolute atomic E-state index is 13.5. The van der Waals surface area contributed by atoms with Gasteiger partial charge in [0, 0.05) is 0 Å². The second-order valence-electron chi connectivity index (χ2n) is 4.95. The predicted octanol–water partition coefficient (Wildman–Crippen LogP) is 3.41. The van der Waals surface area contributed by atoms with E-state index in [0.717, 1.165) is 25.1 Å². The van der Waals surface area contributed by atoms with Gasteiger partial charge in [0.2, 0.25) is 0 Å². The van der Waals surface area contributed by atoms with Gasteiger partial charge in [-0.1, -0.05) is 32.9 Å². The summed E-state index contributed by atoms with van der Waals surface area (Å²) in [6.45, 7) is 10.2. The van der Waals surface area contributed by atoms with E-state index in [2.05, 4.69) is 26.1 Å². The molecule has 0 saturated heterocycles. The number of rotatable bonds is 5. The van der Waals surface area contributed by atoms with E-state index >= 15 is 0 Å². The van der Waals surface area contributed by atoms with Crippen LogP contribution in [0, 0.1) is 12.7 Å². The first-order chi connectivity index (χ1) is 7.47. The lowest BCUT2D eigenvalue weighted by atomic mass is 9.81. The van der Waals surface area contributed by atoms with Crippen LogP contribution in [-0.2, 0) is 5.41 Å². The molecule has 1 aromatic carbocycles. The second kappa shape index (κ2) is 5.44. The fraction of sp³-hybridized carbons (Fsp3) is 0.571. The van der Waals surface area contributed by atoms with E-state index in [0.29, 0.717) is 5.56 Å². The summed E-state index contributed by atoms with van der Waals surface area (Å²) in [5.41, 5.74) is 1.82. The van der Waals surface area contributed by atoms with Gasteiger partial charge in [0.1, 0.15) is 5.82 Å². The van der Waals surface area contributed by atoms with Gasteiger partial charge in [0.25, 0.3) is 0 Å². The van der Waals surface area contributed by atoms with Gasteiger partial charge < -0.3 is 5.32 Å². The summed E-state index contributed by atoms with van der Waals surface area (Å²) in [6.07, 6.45) is 1.02. The highest BCUT2D eigenvalue weighted by atomic mass is 19.1. The monoisotopic (exact) mass is 223 g/mol. The van der Waals surface area contributed by atoms with Crippen LogP contribution in [0.1, 0.15) is 38.3 Å². The molecule has 0 radical (unpaired) electrons. The third kappa shape index (κ3) is 3.31. The maximum atomic E-state index is 13.5. The molecule has 0 heterocycles. The SMILES string of the molecule is CCNCCC(C)(C)c1ccc(C)c(F)c1. The Hall–Kier alpha value is -0.890. The van der Waals surface area contributed by atoms with Gasteiger partial charge in [-0.25, -0.2) is 4.39 Å². The number of benzene rings is 1. The highest BCUT2D eigenvalue weighted by Crippen LogP contribution is 2.27. The molecule has 0 bridgehead atoms. The van der Waals surface area contributed by atoms with Gasteiger partial charge in [-0.3, -0.25) is 0 Å². The molecule has 0 amide bonds. The molecule has 0 spiro atoms. The fourth-order valence-corrected chi connectivity index (χ4v) is 1.74. The zero-order valence-corrected chi connectivity index (χ0v) is 10.7. The number of aryl methyl sites for hydroxylation is 1. The van der Waals surface area contributed by atoms with Crippen LogP contribution in [0.5, 0.6) is 0 Å². The van der Waals surface area contributed by atoms with Crippen molar-refractivity contribution in [2.75, 3.05) is 13.1 Å². The molecular weight excluding hydrogens is 201 g/mol. The minimum Gasteiger partial charge on any atom is -0.317 e. The Morgan fingerprint density at radius 3 is 2.56 bits per heavy atom. The Labute approximate surface area is 98.1 Å². The Morgan fingerprint density at radius 2 is 2.00 bits per heavy atom. The van der Waals surface area contributed by atoms with Crippen LogP contribution >= 0.6 is 0 Å². The van der Waals surface area contributed by atoms with Gasteiger partial charge in [0.05, 0.1) is 0 Å². The van der Waals surface area contributed by atoms with Crippen LogP contribution in [-0.4, -0.2) is 13.1 Å². The normalized spacial score (nSPS) is 11.8. The predicted molar refractivity (Wildman–Crippen MR) is 67.3 cm³/mol. The quantitative estimate of drug-likeness (QED) is 0.754. The van der Waals surface area contributed by atoms with Crippen molar-refractivity contribution in [2.45, 2.75) is 39.5 Å². The number of nitrogens with one attached hydrogen (secondary N) is 1. The van der Waals surface area contributed by atoms with Gasteiger partial charge in [-0.2, -0.15) is 0 Å².